The summed E-state index contributed by atoms with van der Waals surface area (Å²) in [6.07, 6.45) is 0. The number of nitro groups is 1. The van der Waals surface area contributed by atoms with Crippen molar-refractivity contribution >= 4 is 34.3 Å². The molecule has 9 heteroatoms. The van der Waals surface area contributed by atoms with Gasteiger partial charge >= 0.3 is 5.82 Å². The Morgan fingerprint density at radius 3 is 2.74 bits per heavy atom. The van der Waals surface area contributed by atoms with Crippen LogP contribution >= 0.6 is 22.6 Å². The van der Waals surface area contributed by atoms with Gasteiger partial charge in [0, 0.05) is 9.27 Å². The summed E-state index contributed by atoms with van der Waals surface area (Å²) in [5.74, 6) is -0.516. The van der Waals surface area contributed by atoms with E-state index in [2.05, 4.69) is 45.1 Å². The van der Waals surface area contributed by atoms with Crippen LogP contribution < -0.4 is 10.9 Å². The SMILES string of the molecule is C=C(Cn1nc([N+](=O)[O-])cc1C)NNC(=O)c1ccccc1I. The van der Waals surface area contributed by atoms with Crippen molar-refractivity contribution in [1.82, 2.24) is 20.6 Å². The fourth-order valence-electron chi connectivity index (χ4n) is 1.82. The maximum Gasteiger partial charge on any atom is 0.390 e. The number of aryl methyl sites for hydroxylation is 1. The summed E-state index contributed by atoms with van der Waals surface area (Å²) in [6.45, 7) is 5.68. The van der Waals surface area contributed by atoms with Crippen molar-refractivity contribution in [3.05, 3.63) is 67.5 Å². The molecule has 0 aliphatic carbocycles. The van der Waals surface area contributed by atoms with Crippen molar-refractivity contribution in [2.75, 3.05) is 0 Å². The number of allylic oxidation sites excluding steroid dienone is 1. The summed E-state index contributed by atoms with van der Waals surface area (Å²) in [6, 6.07) is 8.54. The third-order valence-corrected chi connectivity index (χ3v) is 3.91. The average Bonchev–Trinajstić information content (AvgIpc) is 2.87. The van der Waals surface area contributed by atoms with Gasteiger partial charge in [-0.05, 0) is 46.6 Å². The Morgan fingerprint density at radius 1 is 1.43 bits per heavy atom. The number of carbonyl (C=O) groups excluding carboxylic acids is 1. The Hall–Kier alpha value is -2.43. The Labute approximate surface area is 145 Å². The first kappa shape index (κ1) is 16.9. The minimum Gasteiger partial charge on any atom is -0.358 e. The van der Waals surface area contributed by atoms with Crippen LogP contribution in [0.3, 0.4) is 0 Å². The monoisotopic (exact) mass is 427 g/mol. The number of aromatic nitrogens is 2. The predicted molar refractivity (Wildman–Crippen MR) is 92.5 cm³/mol. The summed E-state index contributed by atoms with van der Waals surface area (Å²) in [5, 5.41) is 14.5. The van der Waals surface area contributed by atoms with Crippen molar-refractivity contribution in [2.24, 2.45) is 0 Å². The number of hydrogen-bond acceptors (Lipinski definition) is 5. The summed E-state index contributed by atoms with van der Waals surface area (Å²) < 4.78 is 2.26. The van der Waals surface area contributed by atoms with Crippen molar-refractivity contribution in [3.8, 4) is 0 Å². The molecular formula is C14H14IN5O3. The third kappa shape index (κ3) is 4.28. The molecule has 0 atom stereocenters. The molecule has 0 aliphatic rings. The van der Waals surface area contributed by atoms with Crippen LogP contribution in [0.25, 0.3) is 0 Å². The number of rotatable bonds is 6. The molecule has 2 rings (SSSR count). The van der Waals surface area contributed by atoms with Gasteiger partial charge in [0.25, 0.3) is 5.91 Å². The lowest BCUT2D eigenvalue weighted by atomic mass is 10.2. The molecule has 0 fully saturated rings. The first-order valence-corrected chi connectivity index (χ1v) is 7.64. The molecule has 2 aromatic rings. The van der Waals surface area contributed by atoms with Crippen molar-refractivity contribution < 1.29 is 9.72 Å². The summed E-state index contributed by atoms with van der Waals surface area (Å²) in [7, 11) is 0. The Balaban J connectivity index is 1.94. The lowest BCUT2D eigenvalue weighted by molar-refractivity contribution is -0.389. The lowest BCUT2D eigenvalue weighted by Crippen LogP contribution is -2.38. The van der Waals surface area contributed by atoms with Crippen molar-refractivity contribution in [1.29, 1.82) is 0 Å². The van der Waals surface area contributed by atoms with Crippen LogP contribution in [0.4, 0.5) is 5.82 Å². The highest BCUT2D eigenvalue weighted by atomic mass is 127. The van der Waals surface area contributed by atoms with E-state index in [0.717, 1.165) is 3.57 Å². The van der Waals surface area contributed by atoms with Gasteiger partial charge in [0.2, 0.25) is 0 Å². The van der Waals surface area contributed by atoms with Crippen LogP contribution in [0.2, 0.25) is 0 Å². The second-order valence-corrected chi connectivity index (χ2v) is 5.88. The van der Waals surface area contributed by atoms with Crippen LogP contribution in [0.1, 0.15) is 16.1 Å². The molecule has 0 bridgehead atoms. The smallest absolute Gasteiger partial charge is 0.358 e. The van der Waals surface area contributed by atoms with Gasteiger partial charge < -0.3 is 15.5 Å². The highest BCUT2D eigenvalue weighted by Gasteiger charge is 2.16. The number of halogens is 1. The Kier molecular flexibility index (Phi) is 5.32. The van der Waals surface area contributed by atoms with Gasteiger partial charge in [-0.3, -0.25) is 10.2 Å². The zero-order chi connectivity index (χ0) is 17.0. The first-order chi connectivity index (χ1) is 10.9. The molecule has 0 saturated carbocycles. The molecule has 0 spiro atoms. The molecule has 0 saturated heterocycles. The molecule has 1 amide bonds. The standard InChI is InChI=1S/C14H14IN5O3/c1-9(8-19-10(2)7-13(18-19)20(22)23)16-17-14(21)11-5-3-4-6-12(11)15/h3-7,16H,1,8H2,2H3,(H,17,21). The molecule has 120 valence electrons. The van der Waals surface area contributed by atoms with E-state index in [9.17, 15) is 14.9 Å². The van der Waals surface area contributed by atoms with E-state index in [1.165, 1.54) is 10.7 Å². The van der Waals surface area contributed by atoms with E-state index in [1.807, 2.05) is 12.1 Å². The Bertz CT molecular complexity index is 772. The maximum atomic E-state index is 12.1. The second kappa shape index (κ2) is 7.22. The lowest BCUT2D eigenvalue weighted by Gasteiger charge is -2.11. The van der Waals surface area contributed by atoms with Crippen LogP contribution in [-0.2, 0) is 6.54 Å². The van der Waals surface area contributed by atoms with E-state index >= 15 is 0 Å². The van der Waals surface area contributed by atoms with Gasteiger partial charge in [-0.25, -0.2) is 0 Å². The molecule has 23 heavy (non-hydrogen) atoms. The molecule has 0 radical (unpaired) electrons. The summed E-state index contributed by atoms with van der Waals surface area (Å²) >= 11 is 2.08. The van der Waals surface area contributed by atoms with Gasteiger partial charge in [-0.1, -0.05) is 18.7 Å². The number of nitrogens with zero attached hydrogens (tertiary/aromatic N) is 3. The maximum absolute atomic E-state index is 12.1. The van der Waals surface area contributed by atoms with Gasteiger partial charge in [0.15, 0.2) is 0 Å². The minimum absolute atomic E-state index is 0.200. The van der Waals surface area contributed by atoms with Crippen LogP contribution in [0.15, 0.2) is 42.6 Å². The van der Waals surface area contributed by atoms with Crippen molar-refractivity contribution in [3.63, 3.8) is 0 Å². The first-order valence-electron chi connectivity index (χ1n) is 6.56. The second-order valence-electron chi connectivity index (χ2n) is 4.72. The Morgan fingerprint density at radius 2 is 2.13 bits per heavy atom. The minimum atomic E-state index is -0.557. The largest absolute Gasteiger partial charge is 0.390 e. The number of hydrazine groups is 1. The molecule has 1 heterocycles. The topological polar surface area (TPSA) is 102 Å². The van der Waals surface area contributed by atoms with E-state index in [1.54, 1.807) is 19.1 Å². The van der Waals surface area contributed by atoms with E-state index in [-0.39, 0.29) is 18.3 Å². The average molecular weight is 427 g/mol. The number of carbonyl (C=O) groups is 1. The van der Waals surface area contributed by atoms with Crippen molar-refractivity contribution in [2.45, 2.75) is 13.5 Å². The summed E-state index contributed by atoms with van der Waals surface area (Å²) in [4.78, 5) is 22.2. The predicted octanol–water partition coefficient (Wildman–Crippen LogP) is 2.15. The van der Waals surface area contributed by atoms with Gasteiger partial charge in [-0.15, -0.1) is 0 Å². The number of hydrogen-bond donors (Lipinski definition) is 2. The van der Waals surface area contributed by atoms with E-state index < -0.39 is 4.92 Å². The van der Waals surface area contributed by atoms with Crippen LogP contribution in [-0.4, -0.2) is 20.6 Å². The van der Waals surface area contributed by atoms with E-state index in [4.69, 9.17) is 0 Å². The molecule has 2 N–H and O–H groups in total. The normalized spacial score (nSPS) is 10.2. The molecular weight excluding hydrogens is 413 g/mol. The molecule has 1 aromatic heterocycles. The molecule has 1 aromatic carbocycles. The zero-order valence-electron chi connectivity index (χ0n) is 12.2. The molecule has 8 nitrogen and oxygen atoms in total. The molecule has 0 unspecified atom stereocenters. The quantitative estimate of drug-likeness (QED) is 0.418. The number of benzene rings is 1. The van der Waals surface area contributed by atoms with Gasteiger partial charge in [0.1, 0.15) is 6.54 Å². The van der Waals surface area contributed by atoms with Gasteiger partial charge in [0.05, 0.1) is 22.4 Å². The van der Waals surface area contributed by atoms with Crippen LogP contribution in [0.5, 0.6) is 0 Å². The molecule has 0 aliphatic heterocycles. The number of amides is 1. The third-order valence-electron chi connectivity index (χ3n) is 2.97. The van der Waals surface area contributed by atoms with Gasteiger partial charge in [-0.2, -0.15) is 4.68 Å². The number of nitrogens with one attached hydrogen (secondary N) is 2. The van der Waals surface area contributed by atoms with E-state index in [0.29, 0.717) is 17.0 Å². The summed E-state index contributed by atoms with van der Waals surface area (Å²) in [5.41, 5.74) is 6.85. The fourth-order valence-corrected chi connectivity index (χ4v) is 2.45. The fraction of sp³-hybridized carbons (Fsp3) is 0.143. The highest BCUT2D eigenvalue weighted by Crippen LogP contribution is 2.12. The highest BCUT2D eigenvalue weighted by molar-refractivity contribution is 14.1. The zero-order valence-corrected chi connectivity index (χ0v) is 14.4. The van der Waals surface area contributed by atoms with Crippen LogP contribution in [0, 0.1) is 20.6 Å².